The molecule has 0 bridgehead atoms. The summed E-state index contributed by atoms with van der Waals surface area (Å²) >= 11 is 0. The Morgan fingerprint density at radius 1 is 1.56 bits per heavy atom. The number of nitrogens with two attached hydrogens (primary N) is 1. The Labute approximate surface area is 105 Å². The minimum absolute atomic E-state index is 0.00953. The highest BCUT2D eigenvalue weighted by atomic mass is 16.4. The summed E-state index contributed by atoms with van der Waals surface area (Å²) < 4.78 is 0. The van der Waals surface area contributed by atoms with Gasteiger partial charge in [0.15, 0.2) is 5.84 Å². The standard InChI is InChI=1S/C11H18N4O3/c12-9(15-18)11(4-1-5-11)10(17)14-7-2-3-8(16)13-6-7/h7,18H,1-6H2,(H2,12,15)(H,13,16)(H,14,17). The molecule has 1 saturated carbocycles. The Morgan fingerprint density at radius 2 is 2.28 bits per heavy atom. The molecule has 1 aliphatic carbocycles. The van der Waals surface area contributed by atoms with E-state index in [2.05, 4.69) is 15.8 Å². The van der Waals surface area contributed by atoms with Crippen LogP contribution in [0.25, 0.3) is 0 Å². The lowest BCUT2D eigenvalue weighted by Crippen LogP contribution is -2.58. The summed E-state index contributed by atoms with van der Waals surface area (Å²) in [6.45, 7) is 0.441. The van der Waals surface area contributed by atoms with Crippen LogP contribution in [0.4, 0.5) is 0 Å². The monoisotopic (exact) mass is 254 g/mol. The van der Waals surface area contributed by atoms with Crippen molar-refractivity contribution in [3.63, 3.8) is 0 Å². The molecule has 7 heteroatoms. The molecular formula is C11H18N4O3. The molecule has 1 saturated heterocycles. The van der Waals surface area contributed by atoms with Gasteiger partial charge in [-0.2, -0.15) is 0 Å². The molecule has 0 spiro atoms. The second-order valence-corrected chi connectivity index (χ2v) is 4.93. The molecule has 100 valence electrons. The van der Waals surface area contributed by atoms with Crippen molar-refractivity contribution in [3.05, 3.63) is 0 Å². The second kappa shape index (κ2) is 4.83. The van der Waals surface area contributed by atoms with E-state index in [0.29, 0.717) is 32.2 Å². The Morgan fingerprint density at radius 3 is 2.72 bits per heavy atom. The molecule has 1 heterocycles. The molecule has 1 atom stereocenters. The summed E-state index contributed by atoms with van der Waals surface area (Å²) in [4.78, 5) is 23.2. The summed E-state index contributed by atoms with van der Waals surface area (Å²) in [6.07, 6.45) is 3.15. The van der Waals surface area contributed by atoms with Gasteiger partial charge in [0.25, 0.3) is 0 Å². The SMILES string of the molecule is NC(=NO)C1(C(=O)NC2CCC(=O)NC2)CCC1. The van der Waals surface area contributed by atoms with Crippen LogP contribution >= 0.6 is 0 Å². The maximum atomic E-state index is 12.2. The molecule has 2 aliphatic rings. The zero-order valence-electron chi connectivity index (χ0n) is 10.1. The highest BCUT2D eigenvalue weighted by molar-refractivity contribution is 6.07. The van der Waals surface area contributed by atoms with Gasteiger partial charge in [0.1, 0.15) is 5.41 Å². The molecule has 2 amide bonds. The van der Waals surface area contributed by atoms with Crippen molar-refractivity contribution in [1.82, 2.24) is 10.6 Å². The van der Waals surface area contributed by atoms with Gasteiger partial charge < -0.3 is 21.6 Å². The van der Waals surface area contributed by atoms with Crippen molar-refractivity contribution in [3.8, 4) is 0 Å². The van der Waals surface area contributed by atoms with Gasteiger partial charge in [0.05, 0.1) is 0 Å². The molecule has 7 nitrogen and oxygen atoms in total. The fourth-order valence-electron chi connectivity index (χ4n) is 2.41. The van der Waals surface area contributed by atoms with Crippen LogP contribution in [0.2, 0.25) is 0 Å². The number of nitrogens with zero attached hydrogens (tertiary/aromatic N) is 1. The van der Waals surface area contributed by atoms with E-state index in [9.17, 15) is 9.59 Å². The smallest absolute Gasteiger partial charge is 0.234 e. The lowest BCUT2D eigenvalue weighted by Gasteiger charge is -2.40. The van der Waals surface area contributed by atoms with Crippen molar-refractivity contribution in [2.24, 2.45) is 16.3 Å². The predicted octanol–water partition coefficient (Wildman–Crippen LogP) is -0.702. The topological polar surface area (TPSA) is 117 Å². The minimum Gasteiger partial charge on any atom is -0.409 e. The van der Waals surface area contributed by atoms with E-state index in [1.54, 1.807) is 0 Å². The molecular weight excluding hydrogens is 236 g/mol. The van der Waals surface area contributed by atoms with Gasteiger partial charge in [-0.15, -0.1) is 0 Å². The number of hydrogen-bond acceptors (Lipinski definition) is 4. The summed E-state index contributed by atoms with van der Waals surface area (Å²) in [5.74, 6) is -0.216. The highest BCUT2D eigenvalue weighted by Crippen LogP contribution is 2.41. The Bertz CT molecular complexity index is 380. The van der Waals surface area contributed by atoms with Gasteiger partial charge in [0.2, 0.25) is 11.8 Å². The Hall–Kier alpha value is -1.79. The third-order valence-corrected chi connectivity index (χ3v) is 3.84. The van der Waals surface area contributed by atoms with Crippen LogP contribution in [-0.2, 0) is 9.59 Å². The number of amidine groups is 1. The molecule has 0 radical (unpaired) electrons. The van der Waals surface area contributed by atoms with Crippen LogP contribution in [0.5, 0.6) is 0 Å². The summed E-state index contributed by atoms with van der Waals surface area (Å²) in [7, 11) is 0. The van der Waals surface area contributed by atoms with Crippen LogP contribution < -0.4 is 16.4 Å². The highest BCUT2D eigenvalue weighted by Gasteiger charge is 2.48. The van der Waals surface area contributed by atoms with E-state index in [0.717, 1.165) is 6.42 Å². The number of hydrogen-bond donors (Lipinski definition) is 4. The number of carbonyl (C=O) groups is 2. The van der Waals surface area contributed by atoms with Gasteiger partial charge >= 0.3 is 0 Å². The van der Waals surface area contributed by atoms with Gasteiger partial charge in [-0.3, -0.25) is 9.59 Å². The molecule has 5 N–H and O–H groups in total. The van der Waals surface area contributed by atoms with Crippen molar-refractivity contribution in [1.29, 1.82) is 0 Å². The predicted molar refractivity (Wildman–Crippen MR) is 63.9 cm³/mol. The molecule has 0 aromatic carbocycles. The van der Waals surface area contributed by atoms with E-state index in [1.165, 1.54) is 0 Å². The van der Waals surface area contributed by atoms with Crippen LogP contribution in [0.15, 0.2) is 5.16 Å². The lowest BCUT2D eigenvalue weighted by molar-refractivity contribution is -0.133. The van der Waals surface area contributed by atoms with Gasteiger partial charge in [-0.25, -0.2) is 0 Å². The molecule has 2 fully saturated rings. The molecule has 2 rings (SSSR count). The van der Waals surface area contributed by atoms with Crippen LogP contribution in [-0.4, -0.2) is 35.4 Å². The van der Waals surface area contributed by atoms with Crippen molar-refractivity contribution in [2.45, 2.75) is 38.1 Å². The average Bonchev–Trinajstić information content (AvgIpc) is 2.30. The fraction of sp³-hybridized carbons (Fsp3) is 0.727. The summed E-state index contributed by atoms with van der Waals surface area (Å²) in [5, 5.41) is 17.3. The van der Waals surface area contributed by atoms with Gasteiger partial charge in [-0.05, 0) is 19.3 Å². The Kier molecular flexibility index (Phi) is 3.40. The normalized spacial score (nSPS) is 27.0. The third-order valence-electron chi connectivity index (χ3n) is 3.84. The van der Waals surface area contributed by atoms with E-state index >= 15 is 0 Å². The van der Waals surface area contributed by atoms with Crippen LogP contribution in [0, 0.1) is 5.41 Å². The van der Waals surface area contributed by atoms with Gasteiger partial charge in [-0.1, -0.05) is 11.6 Å². The third kappa shape index (κ3) is 2.12. The first-order valence-corrected chi connectivity index (χ1v) is 6.14. The van der Waals surface area contributed by atoms with Crippen molar-refractivity contribution in [2.75, 3.05) is 6.54 Å². The van der Waals surface area contributed by atoms with E-state index < -0.39 is 5.41 Å². The van der Waals surface area contributed by atoms with Crippen molar-refractivity contribution >= 4 is 17.6 Å². The Balaban J connectivity index is 1.96. The maximum Gasteiger partial charge on any atom is 0.234 e. The molecule has 1 aliphatic heterocycles. The molecule has 18 heavy (non-hydrogen) atoms. The number of rotatable bonds is 3. The maximum absolute atomic E-state index is 12.2. The van der Waals surface area contributed by atoms with E-state index in [1.807, 2.05) is 0 Å². The number of nitrogens with one attached hydrogen (secondary N) is 2. The number of carbonyl (C=O) groups excluding carboxylic acids is 2. The van der Waals surface area contributed by atoms with Crippen molar-refractivity contribution < 1.29 is 14.8 Å². The molecule has 1 unspecified atom stereocenters. The zero-order chi connectivity index (χ0) is 13.2. The first-order chi connectivity index (χ1) is 8.58. The number of oxime groups is 1. The second-order valence-electron chi connectivity index (χ2n) is 4.93. The first-order valence-electron chi connectivity index (χ1n) is 6.14. The lowest BCUT2D eigenvalue weighted by atomic mass is 9.67. The molecule has 0 aromatic rings. The van der Waals surface area contributed by atoms with Gasteiger partial charge in [0, 0.05) is 19.0 Å². The fourth-order valence-corrected chi connectivity index (χ4v) is 2.41. The number of amides is 2. The summed E-state index contributed by atoms with van der Waals surface area (Å²) in [5.41, 5.74) is 4.76. The first kappa shape index (κ1) is 12.7. The number of piperidine rings is 1. The summed E-state index contributed by atoms with van der Waals surface area (Å²) in [6, 6.07) is -0.0702. The quantitative estimate of drug-likeness (QED) is 0.230. The van der Waals surface area contributed by atoms with Crippen LogP contribution in [0.3, 0.4) is 0 Å². The van der Waals surface area contributed by atoms with E-state index in [-0.39, 0.29) is 23.7 Å². The zero-order valence-corrected chi connectivity index (χ0v) is 10.1. The minimum atomic E-state index is -0.851. The van der Waals surface area contributed by atoms with Crippen LogP contribution in [0.1, 0.15) is 32.1 Å². The molecule has 0 aromatic heterocycles. The largest absolute Gasteiger partial charge is 0.409 e. The average molecular weight is 254 g/mol. The van der Waals surface area contributed by atoms with E-state index in [4.69, 9.17) is 10.9 Å².